The number of benzene rings is 2. The quantitative estimate of drug-likeness (QED) is 0.689. The summed E-state index contributed by atoms with van der Waals surface area (Å²) in [7, 11) is 0. The lowest BCUT2D eigenvalue weighted by Gasteiger charge is -2.13. The van der Waals surface area contributed by atoms with Crippen molar-refractivity contribution >= 4 is 16.7 Å². The number of aromatic nitrogens is 1. The van der Waals surface area contributed by atoms with E-state index in [-0.39, 0.29) is 12.1 Å². The monoisotopic (exact) mass is 308 g/mol. The number of aliphatic hydroxyl groups excluding tert-OH is 1. The van der Waals surface area contributed by atoms with Gasteiger partial charge < -0.3 is 15.4 Å². The molecule has 0 radical (unpaired) electrons. The third-order valence-corrected chi connectivity index (χ3v) is 3.68. The van der Waals surface area contributed by atoms with Crippen LogP contribution in [-0.2, 0) is 0 Å². The third kappa shape index (κ3) is 3.30. The van der Waals surface area contributed by atoms with Gasteiger partial charge in [0.1, 0.15) is 5.56 Å². The average molecular weight is 308 g/mol. The van der Waals surface area contributed by atoms with Crippen molar-refractivity contribution in [1.29, 1.82) is 0 Å². The van der Waals surface area contributed by atoms with Crippen LogP contribution < -0.4 is 10.9 Å². The van der Waals surface area contributed by atoms with Crippen molar-refractivity contribution in [1.82, 2.24) is 10.3 Å². The molecule has 5 nitrogen and oxygen atoms in total. The van der Waals surface area contributed by atoms with Gasteiger partial charge in [0.15, 0.2) is 0 Å². The maximum Gasteiger partial charge on any atom is 0.260 e. The molecule has 0 fully saturated rings. The number of aromatic amines is 1. The lowest BCUT2D eigenvalue weighted by molar-refractivity contribution is 0.0915. The molecule has 1 amide bonds. The second-order valence-electron chi connectivity index (χ2n) is 5.25. The van der Waals surface area contributed by atoms with Crippen LogP contribution >= 0.6 is 0 Å². The van der Waals surface area contributed by atoms with Crippen LogP contribution in [0, 0.1) is 0 Å². The number of amides is 1. The van der Waals surface area contributed by atoms with E-state index in [1.54, 1.807) is 6.07 Å². The van der Waals surface area contributed by atoms with Gasteiger partial charge in [-0.25, -0.2) is 0 Å². The van der Waals surface area contributed by atoms with E-state index in [1.165, 1.54) is 12.3 Å². The van der Waals surface area contributed by atoms with Crippen LogP contribution in [0.3, 0.4) is 0 Å². The first-order valence-corrected chi connectivity index (χ1v) is 7.28. The SMILES string of the molecule is O=C(NCC(O)c1ccc2ccccc2c1)c1ccc[nH]c1=O. The minimum atomic E-state index is -0.841. The second-order valence-corrected chi connectivity index (χ2v) is 5.25. The first-order valence-electron chi connectivity index (χ1n) is 7.28. The number of pyridine rings is 1. The Balaban J connectivity index is 1.71. The van der Waals surface area contributed by atoms with Crippen molar-refractivity contribution in [2.45, 2.75) is 6.10 Å². The molecule has 0 spiro atoms. The smallest absolute Gasteiger partial charge is 0.260 e. The fraction of sp³-hybridized carbons (Fsp3) is 0.111. The molecule has 0 saturated carbocycles. The summed E-state index contributed by atoms with van der Waals surface area (Å²) in [5.74, 6) is -0.508. The maximum absolute atomic E-state index is 12.0. The van der Waals surface area contributed by atoms with Crippen LogP contribution in [0.4, 0.5) is 0 Å². The van der Waals surface area contributed by atoms with Gasteiger partial charge in [-0.2, -0.15) is 0 Å². The lowest BCUT2D eigenvalue weighted by Crippen LogP contribution is -2.32. The molecule has 116 valence electrons. The number of rotatable bonds is 4. The zero-order valence-electron chi connectivity index (χ0n) is 12.3. The minimum Gasteiger partial charge on any atom is -0.387 e. The fourth-order valence-corrected chi connectivity index (χ4v) is 2.42. The molecular formula is C18H16N2O3. The van der Waals surface area contributed by atoms with Crippen LogP contribution in [0.25, 0.3) is 10.8 Å². The normalized spacial score (nSPS) is 12.0. The molecule has 3 aromatic rings. The molecule has 0 aliphatic rings. The molecule has 3 rings (SSSR count). The molecule has 2 aromatic carbocycles. The van der Waals surface area contributed by atoms with Crippen molar-refractivity contribution in [3.63, 3.8) is 0 Å². The number of carbonyl (C=O) groups is 1. The summed E-state index contributed by atoms with van der Waals surface area (Å²) in [6, 6.07) is 16.5. The molecule has 1 aromatic heterocycles. The van der Waals surface area contributed by atoms with Gasteiger partial charge in [0.05, 0.1) is 6.10 Å². The van der Waals surface area contributed by atoms with Crippen LogP contribution in [0.5, 0.6) is 0 Å². The van der Waals surface area contributed by atoms with Gasteiger partial charge >= 0.3 is 0 Å². The summed E-state index contributed by atoms with van der Waals surface area (Å²) in [5.41, 5.74) is 0.286. The number of H-pyrrole nitrogens is 1. The molecule has 0 bridgehead atoms. The highest BCUT2D eigenvalue weighted by Gasteiger charge is 2.13. The molecule has 0 aliphatic heterocycles. The molecule has 1 atom stereocenters. The van der Waals surface area contributed by atoms with E-state index in [2.05, 4.69) is 10.3 Å². The third-order valence-electron chi connectivity index (χ3n) is 3.68. The van der Waals surface area contributed by atoms with Crippen molar-refractivity contribution in [3.05, 3.63) is 82.3 Å². The van der Waals surface area contributed by atoms with Gasteiger partial charge in [-0.1, -0.05) is 36.4 Å². The summed E-state index contributed by atoms with van der Waals surface area (Å²) < 4.78 is 0. The Bertz CT molecular complexity index is 902. The molecule has 23 heavy (non-hydrogen) atoms. The van der Waals surface area contributed by atoms with Crippen LogP contribution in [0.1, 0.15) is 22.0 Å². The number of hydrogen-bond acceptors (Lipinski definition) is 3. The van der Waals surface area contributed by atoms with Gasteiger partial charge in [-0.15, -0.1) is 0 Å². The summed E-state index contributed by atoms with van der Waals surface area (Å²) in [4.78, 5) is 26.0. The predicted molar refractivity (Wildman–Crippen MR) is 88.3 cm³/mol. The van der Waals surface area contributed by atoms with Crippen molar-refractivity contribution < 1.29 is 9.90 Å². The number of fused-ring (bicyclic) bond motifs is 1. The largest absolute Gasteiger partial charge is 0.387 e. The Morgan fingerprint density at radius 1 is 1.09 bits per heavy atom. The summed E-state index contributed by atoms with van der Waals surface area (Å²) >= 11 is 0. The summed E-state index contributed by atoms with van der Waals surface area (Å²) in [6.45, 7) is 0.0332. The van der Waals surface area contributed by atoms with E-state index >= 15 is 0 Å². The number of nitrogens with one attached hydrogen (secondary N) is 2. The molecule has 1 unspecified atom stereocenters. The Kier molecular flexibility index (Phi) is 4.21. The van der Waals surface area contributed by atoms with Crippen LogP contribution in [0.15, 0.2) is 65.6 Å². The van der Waals surface area contributed by atoms with E-state index in [1.807, 2.05) is 42.5 Å². The van der Waals surface area contributed by atoms with Crippen molar-refractivity contribution in [2.24, 2.45) is 0 Å². The molecule has 3 N–H and O–H groups in total. The summed E-state index contributed by atoms with van der Waals surface area (Å²) in [6.07, 6.45) is 0.620. The number of carbonyl (C=O) groups excluding carboxylic acids is 1. The first-order chi connectivity index (χ1) is 11.1. The van der Waals surface area contributed by atoms with E-state index in [9.17, 15) is 14.7 Å². The van der Waals surface area contributed by atoms with E-state index in [4.69, 9.17) is 0 Å². The molecule has 1 heterocycles. The summed E-state index contributed by atoms with van der Waals surface area (Å²) in [5, 5.41) is 14.9. The standard InChI is InChI=1S/C18H16N2O3/c21-16(11-20-18(23)15-6-3-9-19-17(15)22)14-8-7-12-4-1-2-5-13(12)10-14/h1-10,16,21H,11H2,(H,19,22)(H,20,23). The zero-order valence-corrected chi connectivity index (χ0v) is 12.3. The molecule has 0 saturated heterocycles. The molecular weight excluding hydrogens is 292 g/mol. The highest BCUT2D eigenvalue weighted by Crippen LogP contribution is 2.20. The van der Waals surface area contributed by atoms with Gasteiger partial charge in [0.2, 0.25) is 0 Å². The van der Waals surface area contributed by atoms with Gasteiger partial charge in [-0.3, -0.25) is 9.59 Å². The Labute approximate surface area is 132 Å². The first kappa shape index (κ1) is 15.0. The van der Waals surface area contributed by atoms with Crippen LogP contribution in [-0.4, -0.2) is 22.5 Å². The molecule has 5 heteroatoms. The molecule has 0 aliphatic carbocycles. The highest BCUT2D eigenvalue weighted by molar-refractivity contribution is 5.93. The van der Waals surface area contributed by atoms with Gasteiger partial charge in [0, 0.05) is 12.7 Å². The number of aliphatic hydroxyl groups is 1. The highest BCUT2D eigenvalue weighted by atomic mass is 16.3. The number of hydrogen-bond donors (Lipinski definition) is 3. The van der Waals surface area contributed by atoms with E-state index < -0.39 is 17.6 Å². The zero-order chi connectivity index (χ0) is 16.2. The fourth-order valence-electron chi connectivity index (χ4n) is 2.42. The van der Waals surface area contributed by atoms with Crippen molar-refractivity contribution in [2.75, 3.05) is 6.54 Å². The predicted octanol–water partition coefficient (Wildman–Crippen LogP) is 1.99. The Morgan fingerprint density at radius 3 is 2.65 bits per heavy atom. The lowest BCUT2D eigenvalue weighted by atomic mass is 10.0. The topological polar surface area (TPSA) is 82.2 Å². The maximum atomic E-state index is 12.0. The van der Waals surface area contributed by atoms with E-state index in [0.29, 0.717) is 5.56 Å². The Hall–Kier alpha value is -2.92. The van der Waals surface area contributed by atoms with Crippen molar-refractivity contribution in [3.8, 4) is 0 Å². The van der Waals surface area contributed by atoms with Gasteiger partial charge in [-0.05, 0) is 34.5 Å². The Morgan fingerprint density at radius 2 is 1.87 bits per heavy atom. The van der Waals surface area contributed by atoms with Gasteiger partial charge in [0.25, 0.3) is 11.5 Å². The van der Waals surface area contributed by atoms with Crippen LogP contribution in [0.2, 0.25) is 0 Å². The second kappa shape index (κ2) is 6.46. The van der Waals surface area contributed by atoms with E-state index in [0.717, 1.165) is 10.8 Å². The average Bonchev–Trinajstić information content (AvgIpc) is 2.59. The minimum absolute atomic E-state index is 0.0261.